The molecule has 39 heavy (non-hydrogen) atoms. The Bertz CT molecular complexity index is 1450. The molecular formula is C24H24Cl2F3N5O5. The first-order valence-corrected chi connectivity index (χ1v) is 10.8. The summed E-state index contributed by atoms with van der Waals surface area (Å²) in [6, 6.07) is 10.1. The first-order chi connectivity index (χ1) is 17.5. The van der Waals surface area contributed by atoms with E-state index in [-0.39, 0.29) is 36.5 Å². The molecule has 0 aliphatic carbocycles. The fourth-order valence-electron chi connectivity index (χ4n) is 3.24. The molecule has 2 heterocycles. The molecule has 0 atom stereocenters. The van der Waals surface area contributed by atoms with Crippen LogP contribution in [0.15, 0.2) is 53.3 Å². The number of amides is 2. The van der Waals surface area contributed by atoms with E-state index in [1.165, 1.54) is 26.6 Å². The van der Waals surface area contributed by atoms with Crippen molar-refractivity contribution in [2.45, 2.75) is 25.4 Å². The molecule has 4 rings (SSSR count). The number of ether oxygens (including phenoxy) is 3. The number of benzene rings is 2. The summed E-state index contributed by atoms with van der Waals surface area (Å²) < 4.78 is 61.0. The summed E-state index contributed by atoms with van der Waals surface area (Å²) in [5, 5.41) is 8.97. The van der Waals surface area contributed by atoms with Crippen LogP contribution in [-0.2, 0) is 5.41 Å². The van der Waals surface area contributed by atoms with Crippen molar-refractivity contribution in [3.63, 3.8) is 0 Å². The van der Waals surface area contributed by atoms with E-state index in [2.05, 4.69) is 25.8 Å². The highest BCUT2D eigenvalue weighted by Gasteiger charge is 2.51. The molecule has 0 aliphatic heterocycles. The van der Waals surface area contributed by atoms with Crippen LogP contribution in [0, 0.1) is 0 Å². The van der Waals surface area contributed by atoms with Crippen LogP contribution in [-0.4, -0.2) is 41.6 Å². The molecule has 2 N–H and O–H groups in total. The van der Waals surface area contributed by atoms with E-state index in [9.17, 15) is 18.0 Å². The first-order valence-electron chi connectivity index (χ1n) is 10.8. The standard InChI is InChI=1S/C24H22F3N5O5.2ClH/c1-23(2,24(25,26)27)19-11-20(32-37-19)31-22(33)30-13-6-5-7-14(8-13)36-21-15-9-17(34-3)18(35-4)10-16(15)28-12-29-21;;/h5-12H,1-4H3,(H2,30,31,32,33);2*1H. The molecule has 0 radical (unpaired) electrons. The van der Waals surface area contributed by atoms with Gasteiger partial charge in [-0.25, -0.2) is 14.8 Å². The van der Waals surface area contributed by atoms with Crippen LogP contribution in [0.2, 0.25) is 0 Å². The van der Waals surface area contributed by atoms with Gasteiger partial charge in [0.25, 0.3) is 0 Å². The van der Waals surface area contributed by atoms with Crippen molar-refractivity contribution in [3.05, 3.63) is 54.6 Å². The lowest BCUT2D eigenvalue weighted by molar-refractivity contribution is -0.185. The summed E-state index contributed by atoms with van der Waals surface area (Å²) in [4.78, 5) is 20.8. The normalized spacial score (nSPS) is 11.2. The average Bonchev–Trinajstić information content (AvgIpc) is 3.32. The molecule has 0 spiro atoms. The Morgan fingerprint density at radius 2 is 1.64 bits per heavy atom. The Morgan fingerprint density at radius 3 is 2.31 bits per heavy atom. The minimum atomic E-state index is -4.56. The van der Waals surface area contributed by atoms with Gasteiger partial charge in [0.1, 0.15) is 17.5 Å². The summed E-state index contributed by atoms with van der Waals surface area (Å²) >= 11 is 0. The van der Waals surface area contributed by atoms with Crippen LogP contribution in [0.25, 0.3) is 10.9 Å². The monoisotopic (exact) mass is 589 g/mol. The van der Waals surface area contributed by atoms with Gasteiger partial charge < -0.3 is 24.1 Å². The number of urea groups is 1. The minimum Gasteiger partial charge on any atom is -0.493 e. The maximum absolute atomic E-state index is 13.2. The summed E-state index contributed by atoms with van der Waals surface area (Å²) in [6.07, 6.45) is -3.22. The second-order valence-corrected chi connectivity index (χ2v) is 8.31. The van der Waals surface area contributed by atoms with Crippen molar-refractivity contribution >= 4 is 53.3 Å². The summed E-state index contributed by atoms with van der Waals surface area (Å²) in [7, 11) is 3.02. The van der Waals surface area contributed by atoms with Crippen LogP contribution in [0.4, 0.5) is 29.5 Å². The number of fused-ring (bicyclic) bond motifs is 1. The number of anilines is 2. The van der Waals surface area contributed by atoms with Gasteiger partial charge in [-0.2, -0.15) is 13.2 Å². The topological polar surface area (TPSA) is 121 Å². The van der Waals surface area contributed by atoms with E-state index in [0.717, 1.165) is 19.9 Å². The number of aromatic nitrogens is 3. The van der Waals surface area contributed by atoms with Gasteiger partial charge >= 0.3 is 12.2 Å². The van der Waals surface area contributed by atoms with E-state index < -0.39 is 23.4 Å². The van der Waals surface area contributed by atoms with Gasteiger partial charge in [-0.05, 0) is 32.0 Å². The zero-order chi connectivity index (χ0) is 26.8. The molecule has 15 heteroatoms. The first kappa shape index (κ1) is 31.2. The van der Waals surface area contributed by atoms with Gasteiger partial charge in [-0.3, -0.25) is 5.32 Å². The Hall–Kier alpha value is -3.97. The predicted molar refractivity (Wildman–Crippen MR) is 142 cm³/mol. The third kappa shape index (κ3) is 6.73. The quantitative estimate of drug-likeness (QED) is 0.243. The molecule has 0 aliphatic rings. The molecule has 210 valence electrons. The van der Waals surface area contributed by atoms with Gasteiger partial charge in [0.2, 0.25) is 5.88 Å². The maximum atomic E-state index is 13.2. The second-order valence-electron chi connectivity index (χ2n) is 8.31. The number of alkyl halides is 3. The number of methoxy groups -OCH3 is 2. The van der Waals surface area contributed by atoms with Crippen LogP contribution in [0.3, 0.4) is 0 Å². The van der Waals surface area contributed by atoms with E-state index in [1.54, 1.807) is 30.3 Å². The van der Waals surface area contributed by atoms with E-state index in [1.807, 2.05) is 0 Å². The summed E-state index contributed by atoms with van der Waals surface area (Å²) in [6.45, 7) is 1.91. The third-order valence-electron chi connectivity index (χ3n) is 5.49. The molecule has 2 amide bonds. The van der Waals surface area contributed by atoms with Gasteiger partial charge in [-0.15, -0.1) is 24.8 Å². The lowest BCUT2D eigenvalue weighted by Gasteiger charge is -2.24. The van der Waals surface area contributed by atoms with Crippen LogP contribution in [0.5, 0.6) is 23.1 Å². The van der Waals surface area contributed by atoms with Gasteiger partial charge in [0.15, 0.2) is 23.1 Å². The van der Waals surface area contributed by atoms with E-state index in [0.29, 0.717) is 33.8 Å². The van der Waals surface area contributed by atoms with Gasteiger partial charge in [0.05, 0.1) is 25.1 Å². The zero-order valence-electron chi connectivity index (χ0n) is 21.0. The number of carbonyl (C=O) groups is 1. The fourth-order valence-corrected chi connectivity index (χ4v) is 3.24. The Kier molecular flexibility index (Phi) is 9.82. The SMILES string of the molecule is COc1cc2ncnc(Oc3cccc(NC(=O)Nc4cc(C(C)(C)C(F)(F)F)on4)c3)c2cc1OC.Cl.Cl. The minimum absolute atomic E-state index is 0. The molecule has 2 aromatic heterocycles. The molecule has 0 bridgehead atoms. The number of halogens is 5. The summed E-state index contributed by atoms with van der Waals surface area (Å²) in [5.74, 6) is 0.957. The van der Waals surface area contributed by atoms with E-state index in [4.69, 9.17) is 18.7 Å². The van der Waals surface area contributed by atoms with Crippen LogP contribution >= 0.6 is 24.8 Å². The number of nitrogens with zero attached hydrogens (tertiary/aromatic N) is 3. The Balaban J connectivity index is 0.00000267. The van der Waals surface area contributed by atoms with Crippen molar-refractivity contribution in [3.8, 4) is 23.1 Å². The molecular weight excluding hydrogens is 566 g/mol. The molecule has 0 fully saturated rings. The van der Waals surface area contributed by atoms with Crippen LogP contribution in [0.1, 0.15) is 19.6 Å². The fraction of sp³-hybridized carbons (Fsp3) is 0.250. The van der Waals surface area contributed by atoms with Crippen molar-refractivity contribution in [2.75, 3.05) is 24.9 Å². The Labute approximate surface area is 233 Å². The largest absolute Gasteiger partial charge is 0.493 e. The maximum Gasteiger partial charge on any atom is 0.401 e. The highest BCUT2D eigenvalue weighted by molar-refractivity contribution is 5.99. The molecule has 0 saturated carbocycles. The lowest BCUT2D eigenvalue weighted by atomic mass is 9.89. The van der Waals surface area contributed by atoms with Crippen molar-refractivity contribution < 1.29 is 36.7 Å². The smallest absolute Gasteiger partial charge is 0.401 e. The second kappa shape index (κ2) is 12.3. The number of nitrogens with one attached hydrogen (secondary N) is 2. The van der Waals surface area contributed by atoms with Crippen molar-refractivity contribution in [1.82, 2.24) is 15.1 Å². The Morgan fingerprint density at radius 1 is 0.949 bits per heavy atom. The molecule has 0 saturated heterocycles. The highest BCUT2D eigenvalue weighted by atomic mass is 35.5. The number of rotatable bonds is 7. The molecule has 4 aromatic rings. The number of hydrogen-bond donors (Lipinski definition) is 2. The lowest BCUT2D eigenvalue weighted by Crippen LogP contribution is -2.35. The molecule has 0 unspecified atom stereocenters. The highest BCUT2D eigenvalue weighted by Crippen LogP contribution is 2.41. The zero-order valence-corrected chi connectivity index (χ0v) is 22.6. The third-order valence-corrected chi connectivity index (χ3v) is 5.49. The van der Waals surface area contributed by atoms with Crippen molar-refractivity contribution in [1.29, 1.82) is 0 Å². The number of hydrogen-bond acceptors (Lipinski definition) is 8. The molecule has 10 nitrogen and oxygen atoms in total. The number of carbonyl (C=O) groups excluding carboxylic acids is 1. The molecule has 2 aromatic carbocycles. The average molecular weight is 590 g/mol. The van der Waals surface area contributed by atoms with Gasteiger partial charge in [-0.1, -0.05) is 11.2 Å². The summed E-state index contributed by atoms with van der Waals surface area (Å²) in [5.41, 5.74) is -1.37. The predicted octanol–water partition coefficient (Wildman–Crippen LogP) is 6.75. The van der Waals surface area contributed by atoms with Crippen molar-refractivity contribution in [2.24, 2.45) is 0 Å². The van der Waals surface area contributed by atoms with Crippen LogP contribution < -0.4 is 24.8 Å². The van der Waals surface area contributed by atoms with E-state index >= 15 is 0 Å². The van der Waals surface area contributed by atoms with Gasteiger partial charge in [0, 0.05) is 23.9 Å².